The number of carbonyl (C=O) groups excluding carboxylic acids is 2. The smallest absolute Gasteiger partial charge is 0.132 e. The van der Waals surface area contributed by atoms with Gasteiger partial charge in [-0.15, -0.1) is 0 Å². The molecular formula is C10H14O3. The zero-order chi connectivity index (χ0) is 9.42. The molecule has 1 aliphatic carbocycles. The minimum Gasteiger partial charge on any atom is -0.373 e. The molecule has 3 nitrogen and oxygen atoms in total. The topological polar surface area (TPSA) is 46.7 Å². The molecule has 1 aliphatic heterocycles. The maximum atomic E-state index is 11.1. The SMILES string of the molecule is CC(=O)C1CC(C=O)C(C2CO2)C1. The molecular weight excluding hydrogens is 168 g/mol. The van der Waals surface area contributed by atoms with Gasteiger partial charge in [0, 0.05) is 11.8 Å². The van der Waals surface area contributed by atoms with Crippen LogP contribution in [-0.4, -0.2) is 24.8 Å². The minimum atomic E-state index is 0.0569. The van der Waals surface area contributed by atoms with Gasteiger partial charge >= 0.3 is 0 Å². The molecule has 0 spiro atoms. The zero-order valence-corrected chi connectivity index (χ0v) is 7.73. The molecule has 1 saturated heterocycles. The van der Waals surface area contributed by atoms with Crippen LogP contribution in [0.4, 0.5) is 0 Å². The van der Waals surface area contributed by atoms with Crippen LogP contribution in [-0.2, 0) is 14.3 Å². The Hall–Kier alpha value is -0.700. The maximum absolute atomic E-state index is 11.1. The Morgan fingerprint density at radius 2 is 2.15 bits per heavy atom. The van der Waals surface area contributed by atoms with Crippen LogP contribution in [0.1, 0.15) is 19.8 Å². The summed E-state index contributed by atoms with van der Waals surface area (Å²) in [5, 5.41) is 0. The molecule has 1 heterocycles. The molecule has 2 aliphatic rings. The number of hydrogen-bond donors (Lipinski definition) is 0. The summed E-state index contributed by atoms with van der Waals surface area (Å²) in [5.41, 5.74) is 0. The zero-order valence-electron chi connectivity index (χ0n) is 7.73. The molecule has 13 heavy (non-hydrogen) atoms. The van der Waals surface area contributed by atoms with Gasteiger partial charge in [0.1, 0.15) is 12.1 Å². The third-order valence-electron chi connectivity index (χ3n) is 3.25. The summed E-state index contributed by atoms with van der Waals surface area (Å²) in [5.74, 6) is 0.687. The number of ether oxygens (including phenoxy) is 1. The fourth-order valence-corrected chi connectivity index (χ4v) is 2.32. The first-order valence-electron chi connectivity index (χ1n) is 4.79. The van der Waals surface area contributed by atoms with Crippen LogP contribution in [0.15, 0.2) is 0 Å². The van der Waals surface area contributed by atoms with E-state index in [1.54, 1.807) is 6.92 Å². The summed E-state index contributed by atoms with van der Waals surface area (Å²) in [7, 11) is 0. The van der Waals surface area contributed by atoms with Crippen molar-refractivity contribution in [2.75, 3.05) is 6.61 Å². The Morgan fingerprint density at radius 1 is 1.46 bits per heavy atom. The molecule has 4 atom stereocenters. The molecule has 0 radical (unpaired) electrons. The predicted octanol–water partition coefficient (Wildman–Crippen LogP) is 0.816. The average molecular weight is 182 g/mol. The van der Waals surface area contributed by atoms with E-state index in [0.29, 0.717) is 5.92 Å². The standard InChI is InChI=1S/C10H14O3/c1-6(12)7-2-8(4-11)9(3-7)10-5-13-10/h4,7-10H,2-3,5H2,1H3. The molecule has 0 aromatic heterocycles. The lowest BCUT2D eigenvalue weighted by Crippen LogP contribution is -2.14. The van der Waals surface area contributed by atoms with Crippen LogP contribution in [0.2, 0.25) is 0 Å². The van der Waals surface area contributed by atoms with Crippen molar-refractivity contribution < 1.29 is 14.3 Å². The van der Waals surface area contributed by atoms with Crippen LogP contribution in [0.5, 0.6) is 0 Å². The first-order chi connectivity index (χ1) is 6.22. The van der Waals surface area contributed by atoms with Crippen molar-refractivity contribution in [1.29, 1.82) is 0 Å². The summed E-state index contributed by atoms with van der Waals surface area (Å²) >= 11 is 0. The Morgan fingerprint density at radius 3 is 2.62 bits per heavy atom. The van der Waals surface area contributed by atoms with Crippen molar-refractivity contribution >= 4 is 12.1 Å². The van der Waals surface area contributed by atoms with Crippen LogP contribution in [0, 0.1) is 17.8 Å². The van der Waals surface area contributed by atoms with E-state index in [0.717, 1.165) is 25.7 Å². The van der Waals surface area contributed by atoms with Crippen LogP contribution in [0.3, 0.4) is 0 Å². The van der Waals surface area contributed by atoms with Gasteiger partial charge in [-0.25, -0.2) is 0 Å². The minimum absolute atomic E-state index is 0.0569. The molecule has 2 fully saturated rings. The van der Waals surface area contributed by atoms with Crippen molar-refractivity contribution in [2.45, 2.75) is 25.9 Å². The first-order valence-corrected chi connectivity index (χ1v) is 4.79. The monoisotopic (exact) mass is 182 g/mol. The number of rotatable bonds is 3. The Labute approximate surface area is 77.4 Å². The number of ketones is 1. The summed E-state index contributed by atoms with van der Waals surface area (Å²) in [4.78, 5) is 21.9. The van der Waals surface area contributed by atoms with Gasteiger partial charge in [0.05, 0.1) is 12.7 Å². The average Bonchev–Trinajstić information content (AvgIpc) is 2.84. The first kappa shape index (κ1) is 8.88. The lowest BCUT2D eigenvalue weighted by Gasteiger charge is -2.08. The quantitative estimate of drug-likeness (QED) is 0.479. The second-order valence-corrected chi connectivity index (χ2v) is 4.11. The van der Waals surface area contributed by atoms with Gasteiger partial charge < -0.3 is 9.53 Å². The summed E-state index contributed by atoms with van der Waals surface area (Å²) in [6.45, 7) is 2.39. The molecule has 1 saturated carbocycles. The van der Waals surface area contributed by atoms with Gasteiger partial charge in [-0.3, -0.25) is 4.79 Å². The van der Waals surface area contributed by atoms with Gasteiger partial charge in [0.15, 0.2) is 0 Å². The Kier molecular flexibility index (Phi) is 2.20. The van der Waals surface area contributed by atoms with E-state index >= 15 is 0 Å². The van der Waals surface area contributed by atoms with E-state index < -0.39 is 0 Å². The van der Waals surface area contributed by atoms with E-state index in [9.17, 15) is 9.59 Å². The van der Waals surface area contributed by atoms with Crippen molar-refractivity contribution in [1.82, 2.24) is 0 Å². The highest BCUT2D eigenvalue weighted by Gasteiger charge is 2.45. The third kappa shape index (κ3) is 1.66. The van der Waals surface area contributed by atoms with Gasteiger partial charge in [0.25, 0.3) is 0 Å². The molecule has 3 heteroatoms. The molecule has 72 valence electrons. The molecule has 0 aromatic carbocycles. The van der Waals surface area contributed by atoms with Crippen molar-refractivity contribution in [3.05, 3.63) is 0 Å². The fraction of sp³-hybridized carbons (Fsp3) is 0.800. The summed E-state index contributed by atoms with van der Waals surface area (Å²) in [6, 6.07) is 0. The number of epoxide rings is 1. The van der Waals surface area contributed by atoms with E-state index in [-0.39, 0.29) is 23.7 Å². The number of aldehydes is 1. The molecule has 0 aromatic rings. The van der Waals surface area contributed by atoms with Crippen molar-refractivity contribution in [3.8, 4) is 0 Å². The third-order valence-corrected chi connectivity index (χ3v) is 3.25. The van der Waals surface area contributed by atoms with Gasteiger partial charge in [-0.1, -0.05) is 0 Å². The Bertz CT molecular complexity index is 232. The predicted molar refractivity (Wildman–Crippen MR) is 46.2 cm³/mol. The number of carbonyl (C=O) groups is 2. The van der Waals surface area contributed by atoms with Gasteiger partial charge in [-0.05, 0) is 25.7 Å². The van der Waals surface area contributed by atoms with Crippen LogP contribution in [0.25, 0.3) is 0 Å². The highest BCUT2D eigenvalue weighted by atomic mass is 16.6. The van der Waals surface area contributed by atoms with E-state index in [4.69, 9.17) is 4.74 Å². The van der Waals surface area contributed by atoms with Crippen molar-refractivity contribution in [3.63, 3.8) is 0 Å². The highest BCUT2D eigenvalue weighted by Crippen LogP contribution is 2.42. The largest absolute Gasteiger partial charge is 0.373 e. The fourth-order valence-electron chi connectivity index (χ4n) is 2.32. The van der Waals surface area contributed by atoms with Gasteiger partial charge in [-0.2, -0.15) is 0 Å². The Balaban J connectivity index is 2.02. The van der Waals surface area contributed by atoms with Gasteiger partial charge in [0.2, 0.25) is 0 Å². The summed E-state index contributed by atoms with van der Waals surface area (Å²) in [6.07, 6.45) is 2.85. The normalized spacial score (nSPS) is 43.2. The molecule has 0 N–H and O–H groups in total. The second-order valence-electron chi connectivity index (χ2n) is 4.11. The van der Waals surface area contributed by atoms with E-state index in [1.165, 1.54) is 0 Å². The number of Topliss-reactive ketones (excluding diaryl/α,β-unsaturated/α-hetero) is 1. The van der Waals surface area contributed by atoms with Crippen LogP contribution >= 0.6 is 0 Å². The van der Waals surface area contributed by atoms with Crippen molar-refractivity contribution in [2.24, 2.45) is 17.8 Å². The second kappa shape index (κ2) is 3.22. The van der Waals surface area contributed by atoms with Crippen LogP contribution < -0.4 is 0 Å². The molecule has 0 bridgehead atoms. The maximum Gasteiger partial charge on any atom is 0.132 e. The molecule has 0 amide bonds. The highest BCUT2D eigenvalue weighted by molar-refractivity contribution is 5.79. The van der Waals surface area contributed by atoms with E-state index in [1.807, 2.05) is 0 Å². The summed E-state index contributed by atoms with van der Waals surface area (Å²) < 4.78 is 5.18. The number of hydrogen-bond acceptors (Lipinski definition) is 3. The molecule has 4 unspecified atom stereocenters. The molecule has 2 rings (SSSR count). The lowest BCUT2D eigenvalue weighted by molar-refractivity contribution is -0.120. The van der Waals surface area contributed by atoms with E-state index in [2.05, 4.69) is 0 Å². The lowest BCUT2D eigenvalue weighted by atomic mass is 9.94.